The first kappa shape index (κ1) is 11.9. The number of hydroxylamine groups is 1. The number of para-hydroxylation sites is 1. The van der Waals surface area contributed by atoms with Gasteiger partial charge in [-0.3, -0.25) is 9.63 Å². The smallest absolute Gasteiger partial charge is 0.254 e. The quantitative estimate of drug-likeness (QED) is 0.752. The Balaban J connectivity index is 1.93. The summed E-state index contributed by atoms with van der Waals surface area (Å²) in [5.41, 5.74) is 3.18. The van der Waals surface area contributed by atoms with Gasteiger partial charge in [-0.1, -0.05) is 18.2 Å². The second kappa shape index (κ2) is 5.16. The molecule has 2 N–H and O–H groups in total. The van der Waals surface area contributed by atoms with Gasteiger partial charge in [-0.2, -0.15) is 0 Å². The summed E-state index contributed by atoms with van der Waals surface area (Å²) in [6.45, 7) is 1.98. The number of fused-ring (bicyclic) bond motifs is 1. The van der Waals surface area contributed by atoms with Crippen LogP contribution in [0.2, 0.25) is 0 Å². The van der Waals surface area contributed by atoms with Crippen LogP contribution in [0.4, 0.5) is 0 Å². The summed E-state index contributed by atoms with van der Waals surface area (Å²) < 4.78 is 5.39. The highest BCUT2D eigenvalue weighted by Crippen LogP contribution is 2.33. The molecular formula is C12H15NO4. The molecule has 17 heavy (non-hydrogen) atoms. The summed E-state index contributed by atoms with van der Waals surface area (Å²) >= 11 is 0. The average Bonchev–Trinajstić information content (AvgIpc) is 2.72. The fourth-order valence-electron chi connectivity index (χ4n) is 1.68. The van der Waals surface area contributed by atoms with Crippen LogP contribution < -0.4 is 10.2 Å². The van der Waals surface area contributed by atoms with Crippen LogP contribution in [-0.2, 0) is 9.63 Å². The summed E-state index contributed by atoms with van der Waals surface area (Å²) in [7, 11) is 0. The van der Waals surface area contributed by atoms with E-state index in [1.165, 1.54) is 0 Å². The van der Waals surface area contributed by atoms with Crippen LogP contribution in [0.25, 0.3) is 0 Å². The third-order valence-corrected chi connectivity index (χ3v) is 2.51. The lowest BCUT2D eigenvalue weighted by Gasteiger charge is -2.11. The lowest BCUT2D eigenvalue weighted by Crippen LogP contribution is -2.32. The van der Waals surface area contributed by atoms with Crippen molar-refractivity contribution >= 4 is 5.91 Å². The Kier molecular flexibility index (Phi) is 3.61. The maximum absolute atomic E-state index is 11.8. The molecule has 2 rings (SSSR count). The number of rotatable bonds is 4. The summed E-state index contributed by atoms with van der Waals surface area (Å²) in [4.78, 5) is 16.7. The van der Waals surface area contributed by atoms with E-state index >= 15 is 0 Å². The maximum Gasteiger partial charge on any atom is 0.254 e. The van der Waals surface area contributed by atoms with Crippen molar-refractivity contribution in [3.8, 4) is 5.75 Å². The maximum atomic E-state index is 11.8. The molecule has 0 saturated heterocycles. The van der Waals surface area contributed by atoms with Gasteiger partial charge in [0.05, 0.1) is 6.10 Å². The van der Waals surface area contributed by atoms with Crippen LogP contribution >= 0.6 is 0 Å². The number of aliphatic hydroxyl groups is 1. The first-order chi connectivity index (χ1) is 8.18. The summed E-state index contributed by atoms with van der Waals surface area (Å²) in [5.74, 6) is 0.138. The first-order valence-corrected chi connectivity index (χ1v) is 5.50. The lowest BCUT2D eigenvalue weighted by molar-refractivity contribution is -0.137. The Morgan fingerprint density at radius 3 is 3.18 bits per heavy atom. The minimum absolute atomic E-state index is 0.0704. The van der Waals surface area contributed by atoms with Gasteiger partial charge in [0.1, 0.15) is 24.9 Å². The number of hydrogen-bond acceptors (Lipinski definition) is 4. The number of aliphatic hydroxyl groups excluding tert-OH is 1. The van der Waals surface area contributed by atoms with Gasteiger partial charge < -0.3 is 9.84 Å². The molecule has 2 atom stereocenters. The lowest BCUT2D eigenvalue weighted by atomic mass is 10.0. The van der Waals surface area contributed by atoms with E-state index in [4.69, 9.17) is 14.7 Å². The Labute approximate surface area is 99.3 Å². The molecule has 92 valence electrons. The van der Waals surface area contributed by atoms with E-state index in [9.17, 15) is 4.79 Å². The number of carbonyl (C=O) groups is 1. The topological polar surface area (TPSA) is 67.8 Å². The van der Waals surface area contributed by atoms with Crippen LogP contribution in [0.1, 0.15) is 18.4 Å². The normalized spacial score (nSPS) is 19.3. The van der Waals surface area contributed by atoms with E-state index in [1.54, 1.807) is 6.92 Å². The van der Waals surface area contributed by atoms with Gasteiger partial charge in [-0.05, 0) is 13.0 Å². The van der Waals surface area contributed by atoms with Crippen LogP contribution in [0.5, 0.6) is 5.75 Å². The Bertz CT molecular complexity index is 405. The minimum Gasteiger partial charge on any atom is -0.492 e. The first-order valence-electron chi connectivity index (χ1n) is 5.50. The fourth-order valence-corrected chi connectivity index (χ4v) is 1.68. The third kappa shape index (κ3) is 2.75. The molecule has 0 saturated carbocycles. The van der Waals surface area contributed by atoms with E-state index in [1.807, 2.05) is 24.3 Å². The van der Waals surface area contributed by atoms with Gasteiger partial charge in [-0.25, -0.2) is 5.48 Å². The number of nitrogens with one attached hydrogen (secondary N) is 1. The average molecular weight is 237 g/mol. The largest absolute Gasteiger partial charge is 0.492 e. The standard InChI is InChI=1S/C12H15NO4/c1-8(14)6-17-13-12(15)10-7-16-11-5-3-2-4-9(10)11/h2-5,8,10,14H,6-7H2,1H3,(H,13,15). The van der Waals surface area contributed by atoms with Crippen LogP contribution in [-0.4, -0.2) is 30.3 Å². The van der Waals surface area contributed by atoms with E-state index in [2.05, 4.69) is 5.48 Å². The molecule has 5 nitrogen and oxygen atoms in total. The predicted octanol–water partition coefficient (Wildman–Crippen LogP) is 0.591. The van der Waals surface area contributed by atoms with Crippen LogP contribution in [0.3, 0.4) is 0 Å². The molecule has 1 aromatic carbocycles. The minimum atomic E-state index is -0.609. The predicted molar refractivity (Wildman–Crippen MR) is 60.5 cm³/mol. The Hall–Kier alpha value is -1.59. The van der Waals surface area contributed by atoms with Gasteiger partial charge in [0.25, 0.3) is 5.91 Å². The molecule has 2 unspecified atom stereocenters. The molecule has 0 radical (unpaired) electrons. The van der Waals surface area contributed by atoms with Crippen molar-refractivity contribution in [1.29, 1.82) is 0 Å². The number of benzene rings is 1. The van der Waals surface area contributed by atoms with Crippen molar-refractivity contribution in [2.75, 3.05) is 13.2 Å². The second-order valence-electron chi connectivity index (χ2n) is 4.03. The molecule has 0 fully saturated rings. The number of hydrogen-bond donors (Lipinski definition) is 2. The fraction of sp³-hybridized carbons (Fsp3) is 0.417. The summed E-state index contributed by atoms with van der Waals surface area (Å²) in [5, 5.41) is 8.99. The highest BCUT2D eigenvalue weighted by Gasteiger charge is 2.30. The molecule has 0 aliphatic carbocycles. The molecule has 1 amide bonds. The van der Waals surface area contributed by atoms with E-state index in [0.717, 1.165) is 11.3 Å². The zero-order valence-corrected chi connectivity index (χ0v) is 9.55. The summed E-state index contributed by atoms with van der Waals surface area (Å²) in [6.07, 6.45) is -0.609. The van der Waals surface area contributed by atoms with Gasteiger partial charge >= 0.3 is 0 Å². The van der Waals surface area contributed by atoms with Crippen molar-refractivity contribution in [2.45, 2.75) is 18.9 Å². The van der Waals surface area contributed by atoms with Gasteiger partial charge in [-0.15, -0.1) is 0 Å². The molecule has 1 aromatic rings. The highest BCUT2D eigenvalue weighted by molar-refractivity contribution is 5.84. The van der Waals surface area contributed by atoms with E-state index in [-0.39, 0.29) is 18.4 Å². The van der Waals surface area contributed by atoms with Crippen LogP contribution in [0.15, 0.2) is 24.3 Å². The Morgan fingerprint density at radius 2 is 2.41 bits per heavy atom. The summed E-state index contributed by atoms with van der Waals surface area (Å²) in [6, 6.07) is 7.42. The molecule has 0 aromatic heterocycles. The van der Waals surface area contributed by atoms with Crippen molar-refractivity contribution in [3.63, 3.8) is 0 Å². The third-order valence-electron chi connectivity index (χ3n) is 2.51. The molecule has 0 spiro atoms. The van der Waals surface area contributed by atoms with Crippen molar-refractivity contribution < 1.29 is 19.5 Å². The molecule has 1 aliphatic heterocycles. The van der Waals surface area contributed by atoms with Gasteiger partial charge in [0.2, 0.25) is 0 Å². The molecule has 1 heterocycles. The van der Waals surface area contributed by atoms with Crippen molar-refractivity contribution in [3.05, 3.63) is 29.8 Å². The van der Waals surface area contributed by atoms with E-state index < -0.39 is 6.10 Å². The highest BCUT2D eigenvalue weighted by atomic mass is 16.7. The van der Waals surface area contributed by atoms with Gasteiger partial charge in [0.15, 0.2) is 0 Å². The molecule has 0 bridgehead atoms. The number of carbonyl (C=O) groups excluding carboxylic acids is 1. The van der Waals surface area contributed by atoms with Crippen molar-refractivity contribution in [2.24, 2.45) is 0 Å². The SMILES string of the molecule is CC(O)CONC(=O)C1COc2ccccc21. The zero-order chi connectivity index (χ0) is 12.3. The zero-order valence-electron chi connectivity index (χ0n) is 9.55. The van der Waals surface area contributed by atoms with Crippen LogP contribution in [0, 0.1) is 0 Å². The monoisotopic (exact) mass is 237 g/mol. The number of amides is 1. The second-order valence-corrected chi connectivity index (χ2v) is 4.03. The van der Waals surface area contributed by atoms with E-state index in [0.29, 0.717) is 6.61 Å². The number of ether oxygens (including phenoxy) is 1. The molecular weight excluding hydrogens is 222 g/mol. The van der Waals surface area contributed by atoms with Gasteiger partial charge in [0, 0.05) is 5.56 Å². The Morgan fingerprint density at radius 1 is 1.65 bits per heavy atom. The molecule has 1 aliphatic rings. The van der Waals surface area contributed by atoms with Crippen molar-refractivity contribution in [1.82, 2.24) is 5.48 Å². The molecule has 5 heteroatoms.